The second kappa shape index (κ2) is 5.95. The predicted octanol–water partition coefficient (Wildman–Crippen LogP) is 3.52. The van der Waals surface area contributed by atoms with Gasteiger partial charge in [-0.2, -0.15) is 0 Å². The molecule has 0 radical (unpaired) electrons. The van der Waals surface area contributed by atoms with E-state index in [-0.39, 0.29) is 5.69 Å². The minimum atomic E-state index is -0.404. The van der Waals surface area contributed by atoms with Crippen LogP contribution in [0.25, 0.3) is 10.9 Å². The number of nitro groups is 1. The minimum absolute atomic E-state index is 0.0367. The minimum Gasteiger partial charge on any atom is -0.384 e. The van der Waals surface area contributed by atoms with Gasteiger partial charge in [0.1, 0.15) is 5.52 Å². The standard InChI is InChI=1S/C14H15N3O2/c1-2-3-4-9-15-12-8-10-16-14-11(12)6-5-7-13(14)17(18)19/h2-3,5-8,10H,4,9H2,1H3,(H,15,16)/b3-2+. The largest absolute Gasteiger partial charge is 0.384 e. The van der Waals surface area contributed by atoms with E-state index in [4.69, 9.17) is 0 Å². The summed E-state index contributed by atoms with van der Waals surface area (Å²) < 4.78 is 0. The fourth-order valence-corrected chi connectivity index (χ4v) is 1.92. The number of aromatic nitrogens is 1. The van der Waals surface area contributed by atoms with Crippen molar-refractivity contribution in [2.75, 3.05) is 11.9 Å². The van der Waals surface area contributed by atoms with E-state index in [9.17, 15) is 10.1 Å². The maximum absolute atomic E-state index is 11.0. The summed E-state index contributed by atoms with van der Waals surface area (Å²) in [5.74, 6) is 0. The molecule has 0 aliphatic rings. The van der Waals surface area contributed by atoms with Gasteiger partial charge < -0.3 is 5.32 Å². The third-order valence-electron chi connectivity index (χ3n) is 2.81. The van der Waals surface area contributed by atoms with Crippen LogP contribution in [0.4, 0.5) is 11.4 Å². The van der Waals surface area contributed by atoms with E-state index >= 15 is 0 Å². The highest BCUT2D eigenvalue weighted by molar-refractivity contribution is 5.96. The van der Waals surface area contributed by atoms with Crippen LogP contribution in [0.3, 0.4) is 0 Å². The van der Waals surface area contributed by atoms with Crippen molar-refractivity contribution in [2.45, 2.75) is 13.3 Å². The molecule has 2 rings (SSSR count). The number of allylic oxidation sites excluding steroid dienone is 1. The van der Waals surface area contributed by atoms with Gasteiger partial charge in [0.15, 0.2) is 0 Å². The van der Waals surface area contributed by atoms with Crippen LogP contribution in [-0.4, -0.2) is 16.5 Å². The molecular formula is C14H15N3O2. The van der Waals surface area contributed by atoms with E-state index in [0.29, 0.717) is 5.52 Å². The Bertz CT molecular complexity index is 623. The van der Waals surface area contributed by atoms with Crippen LogP contribution in [0.15, 0.2) is 42.6 Å². The maximum atomic E-state index is 11.0. The number of hydrogen-bond donors (Lipinski definition) is 1. The van der Waals surface area contributed by atoms with Gasteiger partial charge >= 0.3 is 0 Å². The Morgan fingerprint density at radius 1 is 1.42 bits per heavy atom. The average molecular weight is 257 g/mol. The Hall–Kier alpha value is -2.43. The number of non-ortho nitro benzene ring substituents is 1. The molecule has 0 atom stereocenters. The third kappa shape index (κ3) is 2.88. The second-order valence-corrected chi connectivity index (χ2v) is 4.07. The van der Waals surface area contributed by atoms with E-state index in [2.05, 4.69) is 16.4 Å². The Morgan fingerprint density at radius 2 is 2.26 bits per heavy atom. The average Bonchev–Trinajstić information content (AvgIpc) is 2.43. The lowest BCUT2D eigenvalue weighted by Gasteiger charge is -2.08. The van der Waals surface area contributed by atoms with Crippen molar-refractivity contribution in [1.29, 1.82) is 0 Å². The number of anilines is 1. The summed E-state index contributed by atoms with van der Waals surface area (Å²) in [7, 11) is 0. The number of nitrogens with zero attached hydrogens (tertiary/aromatic N) is 2. The van der Waals surface area contributed by atoms with E-state index in [1.807, 2.05) is 25.1 Å². The van der Waals surface area contributed by atoms with Crippen molar-refractivity contribution in [3.63, 3.8) is 0 Å². The molecule has 0 bridgehead atoms. The molecule has 0 unspecified atom stereocenters. The van der Waals surface area contributed by atoms with Gasteiger partial charge in [-0.1, -0.05) is 24.3 Å². The Morgan fingerprint density at radius 3 is 3.00 bits per heavy atom. The van der Waals surface area contributed by atoms with Crippen molar-refractivity contribution in [2.24, 2.45) is 0 Å². The first-order valence-corrected chi connectivity index (χ1v) is 6.11. The summed E-state index contributed by atoms with van der Waals surface area (Å²) in [6.45, 7) is 2.76. The molecule has 1 aromatic carbocycles. The Labute approximate surface area is 111 Å². The van der Waals surface area contributed by atoms with E-state index in [1.165, 1.54) is 6.07 Å². The number of benzene rings is 1. The lowest BCUT2D eigenvalue weighted by molar-refractivity contribution is -0.383. The van der Waals surface area contributed by atoms with Gasteiger partial charge in [0.05, 0.1) is 4.92 Å². The van der Waals surface area contributed by atoms with Crippen molar-refractivity contribution >= 4 is 22.3 Å². The summed E-state index contributed by atoms with van der Waals surface area (Å²) in [4.78, 5) is 14.7. The first kappa shape index (κ1) is 13.0. The van der Waals surface area contributed by atoms with Crippen LogP contribution in [0.1, 0.15) is 13.3 Å². The van der Waals surface area contributed by atoms with Crippen molar-refractivity contribution in [3.8, 4) is 0 Å². The lowest BCUT2D eigenvalue weighted by atomic mass is 10.1. The fraction of sp³-hybridized carbons (Fsp3) is 0.214. The highest BCUT2D eigenvalue weighted by Gasteiger charge is 2.13. The maximum Gasteiger partial charge on any atom is 0.295 e. The molecular weight excluding hydrogens is 242 g/mol. The topological polar surface area (TPSA) is 68.1 Å². The van der Waals surface area contributed by atoms with Crippen LogP contribution in [0.5, 0.6) is 0 Å². The quantitative estimate of drug-likeness (QED) is 0.385. The Balaban J connectivity index is 2.35. The first-order valence-electron chi connectivity index (χ1n) is 6.11. The van der Waals surface area contributed by atoms with Crippen LogP contribution >= 0.6 is 0 Å². The monoisotopic (exact) mass is 257 g/mol. The predicted molar refractivity (Wildman–Crippen MR) is 76.3 cm³/mol. The zero-order valence-corrected chi connectivity index (χ0v) is 10.7. The summed E-state index contributed by atoms with van der Waals surface area (Å²) in [5, 5.41) is 15.0. The molecule has 0 saturated heterocycles. The summed E-state index contributed by atoms with van der Waals surface area (Å²) in [6.07, 6.45) is 6.57. The normalized spacial score (nSPS) is 11.0. The van der Waals surface area contributed by atoms with Crippen LogP contribution in [-0.2, 0) is 0 Å². The van der Waals surface area contributed by atoms with Crippen molar-refractivity contribution < 1.29 is 4.92 Å². The molecule has 1 N–H and O–H groups in total. The molecule has 2 aromatic rings. The fourth-order valence-electron chi connectivity index (χ4n) is 1.92. The van der Waals surface area contributed by atoms with Gasteiger partial charge in [-0.3, -0.25) is 10.1 Å². The third-order valence-corrected chi connectivity index (χ3v) is 2.81. The van der Waals surface area contributed by atoms with Crippen molar-refractivity contribution in [1.82, 2.24) is 4.98 Å². The molecule has 19 heavy (non-hydrogen) atoms. The number of para-hydroxylation sites is 1. The van der Waals surface area contributed by atoms with Crippen LogP contribution in [0, 0.1) is 10.1 Å². The number of pyridine rings is 1. The van der Waals surface area contributed by atoms with Crippen molar-refractivity contribution in [3.05, 3.63) is 52.7 Å². The molecule has 5 heteroatoms. The van der Waals surface area contributed by atoms with Gasteiger partial charge in [0.2, 0.25) is 0 Å². The smallest absolute Gasteiger partial charge is 0.295 e. The zero-order chi connectivity index (χ0) is 13.7. The molecule has 0 spiro atoms. The molecule has 1 heterocycles. The van der Waals surface area contributed by atoms with Crippen LogP contribution < -0.4 is 5.32 Å². The number of rotatable bonds is 5. The molecule has 0 amide bonds. The number of fused-ring (bicyclic) bond motifs is 1. The van der Waals surface area contributed by atoms with E-state index in [1.54, 1.807) is 12.3 Å². The summed E-state index contributed by atoms with van der Waals surface area (Å²) in [5.41, 5.74) is 1.33. The van der Waals surface area contributed by atoms with Gasteiger partial charge in [0, 0.05) is 29.9 Å². The first-order chi connectivity index (χ1) is 9.24. The second-order valence-electron chi connectivity index (χ2n) is 4.07. The molecule has 0 aliphatic carbocycles. The zero-order valence-electron chi connectivity index (χ0n) is 10.7. The van der Waals surface area contributed by atoms with Crippen LogP contribution in [0.2, 0.25) is 0 Å². The highest BCUT2D eigenvalue weighted by atomic mass is 16.6. The van der Waals surface area contributed by atoms with Gasteiger partial charge in [-0.05, 0) is 19.4 Å². The molecule has 1 aromatic heterocycles. The lowest BCUT2D eigenvalue weighted by Crippen LogP contribution is -2.01. The number of nitrogens with one attached hydrogen (secondary N) is 1. The summed E-state index contributed by atoms with van der Waals surface area (Å²) in [6, 6.07) is 6.83. The number of hydrogen-bond acceptors (Lipinski definition) is 4. The SMILES string of the molecule is C/C=C/CCNc1ccnc2c([N+](=O)[O-])cccc12. The highest BCUT2D eigenvalue weighted by Crippen LogP contribution is 2.28. The molecule has 0 saturated carbocycles. The molecule has 98 valence electrons. The van der Waals surface area contributed by atoms with Gasteiger partial charge in [0.25, 0.3) is 5.69 Å². The molecule has 0 aliphatic heterocycles. The molecule has 5 nitrogen and oxygen atoms in total. The summed E-state index contributed by atoms with van der Waals surface area (Å²) >= 11 is 0. The molecule has 0 fully saturated rings. The Kier molecular flexibility index (Phi) is 4.07. The van der Waals surface area contributed by atoms with E-state index in [0.717, 1.165) is 24.0 Å². The van der Waals surface area contributed by atoms with Gasteiger partial charge in [-0.25, -0.2) is 4.98 Å². The number of nitro benzene ring substituents is 1. The van der Waals surface area contributed by atoms with Gasteiger partial charge in [-0.15, -0.1) is 0 Å². The van der Waals surface area contributed by atoms with E-state index < -0.39 is 4.92 Å².